The van der Waals surface area contributed by atoms with Crippen LogP contribution in [0.3, 0.4) is 0 Å². The molecule has 0 bridgehead atoms. The summed E-state index contributed by atoms with van der Waals surface area (Å²) in [5.41, 5.74) is 1.37. The predicted molar refractivity (Wildman–Crippen MR) is 101 cm³/mol. The topological polar surface area (TPSA) is 88.5 Å². The van der Waals surface area contributed by atoms with E-state index in [-0.39, 0.29) is 23.4 Å². The second-order valence-electron chi connectivity index (χ2n) is 6.53. The number of carbonyl (C=O) groups excluding carboxylic acids is 2. The Balaban J connectivity index is 2.04. The lowest BCUT2D eigenvalue weighted by molar-refractivity contribution is -0.128. The maximum absolute atomic E-state index is 12.6. The zero-order valence-corrected chi connectivity index (χ0v) is 15.5. The van der Waals surface area contributed by atoms with Gasteiger partial charge in [-0.3, -0.25) is 9.59 Å². The van der Waals surface area contributed by atoms with Crippen LogP contribution in [0.1, 0.15) is 19.8 Å². The van der Waals surface area contributed by atoms with Crippen LogP contribution in [0.15, 0.2) is 36.0 Å². The Morgan fingerprint density at radius 2 is 1.96 bits per heavy atom. The molecule has 0 aliphatic carbocycles. The first kappa shape index (κ1) is 19.5. The van der Waals surface area contributed by atoms with Crippen LogP contribution < -0.4 is 10.6 Å². The Hall–Kier alpha value is -2.85. The Kier molecular flexibility index (Phi) is 6.75. The molecule has 1 heterocycles. The average Bonchev–Trinajstić information content (AvgIpc) is 2.62. The maximum Gasteiger partial charge on any atom is 0.266 e. The Bertz CT molecular complexity index is 730. The van der Waals surface area contributed by atoms with Crippen molar-refractivity contribution in [3.63, 3.8) is 0 Å². The molecule has 0 atom stereocenters. The summed E-state index contributed by atoms with van der Waals surface area (Å²) in [6, 6.07) is 9.20. The van der Waals surface area contributed by atoms with E-state index in [0.717, 1.165) is 25.9 Å². The lowest BCUT2D eigenvalue weighted by Gasteiger charge is -2.34. The van der Waals surface area contributed by atoms with Gasteiger partial charge in [-0.25, -0.2) is 0 Å². The fraction of sp³-hybridized carbons (Fsp3) is 0.421. The van der Waals surface area contributed by atoms with E-state index < -0.39 is 0 Å². The second kappa shape index (κ2) is 9.02. The maximum atomic E-state index is 12.6. The minimum Gasteiger partial charge on any atom is -0.360 e. The molecular formula is C19H25N5O2. The molecule has 138 valence electrons. The molecule has 1 aromatic rings. The normalized spacial score (nSPS) is 15.8. The molecule has 2 N–H and O–H groups in total. The molecule has 1 saturated heterocycles. The van der Waals surface area contributed by atoms with E-state index in [0.29, 0.717) is 11.4 Å². The van der Waals surface area contributed by atoms with Crippen molar-refractivity contribution in [2.75, 3.05) is 37.8 Å². The first-order chi connectivity index (χ1) is 12.4. The van der Waals surface area contributed by atoms with Crippen molar-refractivity contribution in [2.24, 2.45) is 0 Å². The molecule has 26 heavy (non-hydrogen) atoms. The largest absolute Gasteiger partial charge is 0.360 e. The zero-order chi connectivity index (χ0) is 19.1. The Labute approximate surface area is 154 Å². The van der Waals surface area contributed by atoms with Gasteiger partial charge in [0.15, 0.2) is 0 Å². The van der Waals surface area contributed by atoms with Gasteiger partial charge < -0.3 is 20.4 Å². The Morgan fingerprint density at radius 1 is 1.31 bits per heavy atom. The highest BCUT2D eigenvalue weighted by Gasteiger charge is 2.25. The van der Waals surface area contributed by atoms with Gasteiger partial charge in [0.2, 0.25) is 5.91 Å². The van der Waals surface area contributed by atoms with E-state index >= 15 is 0 Å². The van der Waals surface area contributed by atoms with Crippen molar-refractivity contribution in [3.05, 3.63) is 36.0 Å². The number of hydrogen-bond acceptors (Lipinski definition) is 5. The van der Waals surface area contributed by atoms with Gasteiger partial charge >= 0.3 is 0 Å². The van der Waals surface area contributed by atoms with Crippen LogP contribution in [-0.4, -0.2) is 54.8 Å². The molecule has 2 amide bonds. The Morgan fingerprint density at radius 3 is 2.58 bits per heavy atom. The van der Waals surface area contributed by atoms with Crippen molar-refractivity contribution < 1.29 is 9.59 Å². The number of benzene rings is 1. The van der Waals surface area contributed by atoms with E-state index in [1.54, 1.807) is 36.2 Å². The van der Waals surface area contributed by atoms with Gasteiger partial charge in [-0.1, -0.05) is 6.07 Å². The predicted octanol–water partition coefficient (Wildman–Crippen LogP) is 2.02. The first-order valence-corrected chi connectivity index (χ1v) is 8.61. The van der Waals surface area contributed by atoms with Crippen molar-refractivity contribution in [2.45, 2.75) is 25.8 Å². The molecule has 0 radical (unpaired) electrons. The highest BCUT2D eigenvalue weighted by atomic mass is 16.2. The number of hydrogen-bond donors (Lipinski definition) is 2. The molecule has 2 rings (SSSR count). The number of rotatable bonds is 5. The monoisotopic (exact) mass is 355 g/mol. The third-order valence-corrected chi connectivity index (χ3v) is 4.47. The van der Waals surface area contributed by atoms with Crippen LogP contribution >= 0.6 is 0 Å². The average molecular weight is 355 g/mol. The number of carbonyl (C=O) groups is 2. The standard InChI is InChI=1S/C19H25N5O2/c1-14(25)22-17-6-4-5-16(11-17)21-13-15(12-20)19(26)24(3)18-7-9-23(2)10-8-18/h4-6,11,13,18,21H,7-10H2,1-3H3,(H,22,25)/b15-13-. The van der Waals surface area contributed by atoms with Crippen molar-refractivity contribution in [3.8, 4) is 6.07 Å². The highest BCUT2D eigenvalue weighted by molar-refractivity contribution is 5.97. The third-order valence-electron chi connectivity index (χ3n) is 4.47. The van der Waals surface area contributed by atoms with Gasteiger partial charge in [0.25, 0.3) is 5.91 Å². The van der Waals surface area contributed by atoms with Gasteiger partial charge in [-0.05, 0) is 51.2 Å². The van der Waals surface area contributed by atoms with Crippen molar-refractivity contribution in [1.82, 2.24) is 9.80 Å². The summed E-state index contributed by atoms with van der Waals surface area (Å²) in [7, 11) is 3.82. The van der Waals surface area contributed by atoms with Crippen LogP contribution in [0.5, 0.6) is 0 Å². The number of nitrogens with one attached hydrogen (secondary N) is 2. The summed E-state index contributed by atoms with van der Waals surface area (Å²) in [6.07, 6.45) is 3.23. The molecular weight excluding hydrogens is 330 g/mol. The molecule has 0 aromatic heterocycles. The molecule has 1 aromatic carbocycles. The van der Waals surface area contributed by atoms with Crippen LogP contribution in [0.2, 0.25) is 0 Å². The molecule has 7 nitrogen and oxygen atoms in total. The fourth-order valence-corrected chi connectivity index (χ4v) is 2.93. The van der Waals surface area contributed by atoms with E-state index in [1.807, 2.05) is 6.07 Å². The third kappa shape index (κ3) is 5.33. The van der Waals surface area contributed by atoms with Gasteiger partial charge in [-0.15, -0.1) is 0 Å². The number of nitrogens with zero attached hydrogens (tertiary/aromatic N) is 3. The summed E-state index contributed by atoms with van der Waals surface area (Å²) in [4.78, 5) is 27.6. The van der Waals surface area contributed by atoms with Crippen molar-refractivity contribution in [1.29, 1.82) is 5.26 Å². The lowest BCUT2D eigenvalue weighted by atomic mass is 10.0. The minimum absolute atomic E-state index is 0.0522. The second-order valence-corrected chi connectivity index (χ2v) is 6.53. The molecule has 0 saturated carbocycles. The summed E-state index contributed by atoms with van der Waals surface area (Å²) >= 11 is 0. The number of nitriles is 1. The van der Waals surface area contributed by atoms with Crippen LogP contribution in [0.25, 0.3) is 0 Å². The molecule has 0 spiro atoms. The summed E-state index contributed by atoms with van der Waals surface area (Å²) in [5.74, 6) is -0.446. The molecule has 1 aliphatic heterocycles. The molecule has 0 unspecified atom stereocenters. The molecule has 1 fully saturated rings. The number of amides is 2. The van der Waals surface area contributed by atoms with E-state index in [2.05, 4.69) is 22.6 Å². The number of likely N-dealkylation sites (tertiary alicyclic amines) is 1. The van der Waals surface area contributed by atoms with Gasteiger partial charge in [0, 0.05) is 37.6 Å². The fourth-order valence-electron chi connectivity index (χ4n) is 2.93. The van der Waals surface area contributed by atoms with Gasteiger partial charge in [0.05, 0.1) is 0 Å². The van der Waals surface area contributed by atoms with Gasteiger partial charge in [0.1, 0.15) is 11.6 Å². The highest BCUT2D eigenvalue weighted by Crippen LogP contribution is 2.18. The van der Waals surface area contributed by atoms with Gasteiger partial charge in [-0.2, -0.15) is 5.26 Å². The summed E-state index contributed by atoms with van der Waals surface area (Å²) in [6.45, 7) is 3.33. The van der Waals surface area contributed by atoms with Crippen LogP contribution in [-0.2, 0) is 9.59 Å². The first-order valence-electron chi connectivity index (χ1n) is 8.61. The summed E-state index contributed by atoms with van der Waals surface area (Å²) < 4.78 is 0. The zero-order valence-electron chi connectivity index (χ0n) is 15.5. The lowest BCUT2D eigenvalue weighted by Crippen LogP contribution is -2.44. The quantitative estimate of drug-likeness (QED) is 0.623. The smallest absolute Gasteiger partial charge is 0.266 e. The summed E-state index contributed by atoms with van der Waals surface area (Å²) in [5, 5.41) is 15.0. The number of anilines is 2. The van der Waals surface area contributed by atoms with E-state index in [4.69, 9.17) is 0 Å². The van der Waals surface area contributed by atoms with Crippen molar-refractivity contribution >= 4 is 23.2 Å². The number of piperidine rings is 1. The SMILES string of the molecule is CC(=O)Nc1cccc(N/C=C(/C#N)C(=O)N(C)C2CCN(C)CC2)c1. The minimum atomic E-state index is -0.285. The number of likely N-dealkylation sites (N-methyl/N-ethyl adjacent to an activating group) is 1. The van der Waals surface area contributed by atoms with E-state index in [9.17, 15) is 14.9 Å². The van der Waals surface area contributed by atoms with Crippen LogP contribution in [0.4, 0.5) is 11.4 Å². The van der Waals surface area contributed by atoms with E-state index in [1.165, 1.54) is 13.1 Å². The molecule has 7 heteroatoms. The molecule has 1 aliphatic rings. The van der Waals surface area contributed by atoms with Crippen LogP contribution in [0, 0.1) is 11.3 Å².